The number of rotatable bonds is 6. The summed E-state index contributed by atoms with van der Waals surface area (Å²) in [7, 11) is 0. The molecule has 2 aliphatic heterocycles. The van der Waals surface area contributed by atoms with E-state index in [2.05, 4.69) is 45.0 Å². The third-order valence-electron chi connectivity index (χ3n) is 6.53. The van der Waals surface area contributed by atoms with E-state index in [-0.39, 0.29) is 18.1 Å². The first-order valence-electron chi connectivity index (χ1n) is 11.3. The van der Waals surface area contributed by atoms with Crippen LogP contribution in [0.4, 0.5) is 0 Å². The molecule has 2 aromatic carbocycles. The largest absolute Gasteiger partial charge is 0.487 e. The lowest BCUT2D eigenvalue weighted by atomic mass is 9.88. The van der Waals surface area contributed by atoms with Gasteiger partial charge in [0.05, 0.1) is 12.2 Å². The summed E-state index contributed by atoms with van der Waals surface area (Å²) in [4.78, 5) is 0. The standard InChI is InChI=1S/C26H34O4/c1-16-4-8-23-19(12-16)6-10-25(29-23)21(27)14-18(3)15-22(28)26-11-7-20-13-17(2)5-9-24(20)30-26/h4-5,8-9,12-13,18,21-22,25-28H,6-7,10-11,14-15H2,1-3H3/t18?,21-,22-,25-,26+/m0/s1. The monoisotopic (exact) mass is 410 g/mol. The smallest absolute Gasteiger partial charge is 0.125 e. The third kappa shape index (κ3) is 4.81. The van der Waals surface area contributed by atoms with E-state index in [1.54, 1.807) is 0 Å². The third-order valence-corrected chi connectivity index (χ3v) is 6.53. The summed E-state index contributed by atoms with van der Waals surface area (Å²) >= 11 is 0. The van der Waals surface area contributed by atoms with Crippen molar-refractivity contribution in [3.8, 4) is 11.5 Å². The molecule has 162 valence electrons. The highest BCUT2D eigenvalue weighted by Crippen LogP contribution is 2.33. The second-order valence-corrected chi connectivity index (χ2v) is 9.32. The highest BCUT2D eigenvalue weighted by molar-refractivity contribution is 5.39. The van der Waals surface area contributed by atoms with Gasteiger partial charge >= 0.3 is 0 Å². The number of benzene rings is 2. The van der Waals surface area contributed by atoms with E-state index in [0.717, 1.165) is 37.2 Å². The normalized spacial score (nSPS) is 23.4. The van der Waals surface area contributed by atoms with E-state index in [9.17, 15) is 10.2 Å². The van der Waals surface area contributed by atoms with Crippen molar-refractivity contribution in [2.45, 2.75) is 83.7 Å². The predicted molar refractivity (Wildman–Crippen MR) is 118 cm³/mol. The molecule has 4 nitrogen and oxygen atoms in total. The first kappa shape index (κ1) is 21.2. The van der Waals surface area contributed by atoms with E-state index < -0.39 is 12.2 Å². The van der Waals surface area contributed by atoms with Gasteiger partial charge in [-0.3, -0.25) is 0 Å². The van der Waals surface area contributed by atoms with Crippen molar-refractivity contribution in [2.75, 3.05) is 0 Å². The fourth-order valence-corrected chi connectivity index (χ4v) is 4.84. The van der Waals surface area contributed by atoms with Gasteiger partial charge in [0.15, 0.2) is 0 Å². The minimum atomic E-state index is -0.530. The molecule has 0 saturated heterocycles. The quantitative estimate of drug-likeness (QED) is 0.735. The molecule has 1 unspecified atom stereocenters. The molecule has 0 spiro atoms. The Labute approximate surface area is 179 Å². The topological polar surface area (TPSA) is 58.9 Å². The van der Waals surface area contributed by atoms with Crippen LogP contribution in [0.2, 0.25) is 0 Å². The van der Waals surface area contributed by atoms with Crippen molar-refractivity contribution < 1.29 is 19.7 Å². The lowest BCUT2D eigenvalue weighted by molar-refractivity contribution is -0.0117. The van der Waals surface area contributed by atoms with Gasteiger partial charge in [-0.25, -0.2) is 0 Å². The summed E-state index contributed by atoms with van der Waals surface area (Å²) in [5.74, 6) is 1.97. The van der Waals surface area contributed by atoms with Crippen LogP contribution in [0.1, 0.15) is 54.9 Å². The molecule has 30 heavy (non-hydrogen) atoms. The molecular formula is C26H34O4. The number of hydrogen-bond acceptors (Lipinski definition) is 4. The Morgan fingerprint density at radius 3 is 1.67 bits per heavy atom. The predicted octanol–water partition coefficient (Wildman–Crippen LogP) is 4.53. The molecule has 0 saturated carbocycles. The summed E-state index contributed by atoms with van der Waals surface area (Å²) in [6.07, 6.45) is 3.34. The van der Waals surface area contributed by atoms with Crippen molar-refractivity contribution >= 4 is 0 Å². The molecule has 0 bridgehead atoms. The van der Waals surface area contributed by atoms with Gasteiger partial charge in [0, 0.05) is 0 Å². The van der Waals surface area contributed by atoms with Crippen LogP contribution >= 0.6 is 0 Å². The first-order chi connectivity index (χ1) is 14.4. The van der Waals surface area contributed by atoms with Gasteiger partial charge in [0.25, 0.3) is 0 Å². The molecule has 2 aromatic rings. The highest BCUT2D eigenvalue weighted by Gasteiger charge is 2.31. The zero-order valence-corrected chi connectivity index (χ0v) is 18.3. The molecule has 0 aromatic heterocycles. The van der Waals surface area contributed by atoms with E-state index in [4.69, 9.17) is 9.47 Å². The van der Waals surface area contributed by atoms with Crippen LogP contribution in [-0.4, -0.2) is 34.6 Å². The number of aryl methyl sites for hydroxylation is 4. The number of fused-ring (bicyclic) bond motifs is 2. The number of aliphatic hydroxyl groups excluding tert-OH is 2. The fraction of sp³-hybridized carbons (Fsp3) is 0.538. The minimum Gasteiger partial charge on any atom is -0.487 e. The van der Waals surface area contributed by atoms with Gasteiger partial charge in [-0.1, -0.05) is 42.3 Å². The molecule has 2 N–H and O–H groups in total. The van der Waals surface area contributed by atoms with Crippen molar-refractivity contribution in [1.29, 1.82) is 0 Å². The molecule has 2 aliphatic rings. The Morgan fingerprint density at radius 2 is 1.23 bits per heavy atom. The average molecular weight is 411 g/mol. The maximum atomic E-state index is 10.8. The molecule has 0 amide bonds. The minimum absolute atomic E-state index is 0.180. The van der Waals surface area contributed by atoms with Crippen LogP contribution in [0.15, 0.2) is 36.4 Å². The summed E-state index contributed by atoms with van der Waals surface area (Å²) in [5.41, 5.74) is 4.93. The number of hydrogen-bond donors (Lipinski definition) is 2. The highest BCUT2D eigenvalue weighted by atomic mass is 16.5. The molecular weight excluding hydrogens is 376 g/mol. The van der Waals surface area contributed by atoms with Crippen LogP contribution in [0.3, 0.4) is 0 Å². The van der Waals surface area contributed by atoms with Crippen molar-refractivity contribution in [1.82, 2.24) is 0 Å². The van der Waals surface area contributed by atoms with Crippen LogP contribution in [0, 0.1) is 19.8 Å². The lowest BCUT2D eigenvalue weighted by Crippen LogP contribution is -2.38. The summed E-state index contributed by atoms with van der Waals surface area (Å²) < 4.78 is 12.2. The Balaban J connectivity index is 1.28. The zero-order chi connectivity index (χ0) is 21.3. The van der Waals surface area contributed by atoms with Gasteiger partial charge in [-0.05, 0) is 81.5 Å². The number of aliphatic hydroxyl groups is 2. The molecule has 0 fully saturated rings. The molecule has 2 heterocycles. The lowest BCUT2D eigenvalue weighted by Gasteiger charge is -2.33. The molecule has 4 heteroatoms. The molecule has 5 atom stereocenters. The van der Waals surface area contributed by atoms with Gasteiger partial charge in [-0.2, -0.15) is 0 Å². The summed E-state index contributed by atoms with van der Waals surface area (Å²) in [6, 6.07) is 12.5. The van der Waals surface area contributed by atoms with Gasteiger partial charge < -0.3 is 19.7 Å². The SMILES string of the molecule is Cc1ccc2c(c1)CC[C@@H]([C@@H](O)CC(C)C[C@H](O)[C@H]1CCc3cc(C)ccc3O1)O2. The van der Waals surface area contributed by atoms with Crippen molar-refractivity contribution in [3.05, 3.63) is 58.7 Å². The van der Waals surface area contributed by atoms with Crippen LogP contribution in [0.5, 0.6) is 11.5 Å². The van der Waals surface area contributed by atoms with E-state index in [1.807, 2.05) is 12.1 Å². The number of ether oxygens (including phenoxy) is 2. The molecule has 0 aliphatic carbocycles. The summed E-state index contributed by atoms with van der Waals surface area (Å²) in [5, 5.41) is 21.5. The Kier molecular flexibility index (Phi) is 6.35. The van der Waals surface area contributed by atoms with Gasteiger partial charge in [-0.15, -0.1) is 0 Å². The maximum Gasteiger partial charge on any atom is 0.125 e. The van der Waals surface area contributed by atoms with Gasteiger partial charge in [0.2, 0.25) is 0 Å². The summed E-state index contributed by atoms with van der Waals surface area (Å²) in [6.45, 7) is 6.26. The van der Waals surface area contributed by atoms with Crippen LogP contribution in [0.25, 0.3) is 0 Å². The average Bonchev–Trinajstić information content (AvgIpc) is 2.72. The van der Waals surface area contributed by atoms with Crippen molar-refractivity contribution in [2.24, 2.45) is 5.92 Å². The second-order valence-electron chi connectivity index (χ2n) is 9.32. The van der Waals surface area contributed by atoms with E-state index in [1.165, 1.54) is 22.3 Å². The maximum absolute atomic E-state index is 10.8. The Morgan fingerprint density at radius 1 is 0.800 bits per heavy atom. The van der Waals surface area contributed by atoms with E-state index >= 15 is 0 Å². The van der Waals surface area contributed by atoms with Crippen LogP contribution < -0.4 is 9.47 Å². The Bertz CT molecular complexity index is 806. The van der Waals surface area contributed by atoms with Gasteiger partial charge in [0.1, 0.15) is 23.7 Å². The van der Waals surface area contributed by atoms with Crippen molar-refractivity contribution in [3.63, 3.8) is 0 Å². The first-order valence-corrected chi connectivity index (χ1v) is 11.3. The fourth-order valence-electron chi connectivity index (χ4n) is 4.84. The second kappa shape index (κ2) is 8.99. The van der Waals surface area contributed by atoms with E-state index in [0.29, 0.717) is 12.8 Å². The molecule has 4 rings (SSSR count). The Hall–Kier alpha value is -2.04. The molecule has 0 radical (unpaired) electrons. The zero-order valence-electron chi connectivity index (χ0n) is 18.3. The van der Waals surface area contributed by atoms with Crippen LogP contribution in [-0.2, 0) is 12.8 Å².